The minimum atomic E-state index is -0.815. The van der Waals surface area contributed by atoms with E-state index in [2.05, 4.69) is 32.9 Å². The summed E-state index contributed by atoms with van der Waals surface area (Å²) in [5.74, 6) is 0. The molecule has 112 valence electrons. The summed E-state index contributed by atoms with van der Waals surface area (Å²) in [5.41, 5.74) is 2.74. The second kappa shape index (κ2) is 6.39. The predicted molar refractivity (Wildman–Crippen MR) is 90.3 cm³/mol. The lowest BCUT2D eigenvalue weighted by Gasteiger charge is -2.24. The van der Waals surface area contributed by atoms with Gasteiger partial charge in [-0.2, -0.15) is 0 Å². The number of rotatable bonds is 4. The number of benzene rings is 2. The van der Waals surface area contributed by atoms with Crippen molar-refractivity contribution in [2.24, 2.45) is 0 Å². The van der Waals surface area contributed by atoms with Crippen LogP contribution in [0.3, 0.4) is 0 Å². The van der Waals surface area contributed by atoms with Crippen LogP contribution >= 0.6 is 23.2 Å². The van der Waals surface area contributed by atoms with Gasteiger partial charge in [0.05, 0.1) is 0 Å². The van der Waals surface area contributed by atoms with Crippen molar-refractivity contribution in [3.05, 3.63) is 69.2 Å². The summed E-state index contributed by atoms with van der Waals surface area (Å²) in [6.07, 6.45) is 0.246. The highest BCUT2D eigenvalue weighted by atomic mass is 35.5. The van der Waals surface area contributed by atoms with Crippen LogP contribution in [-0.4, -0.2) is 5.11 Å². The van der Waals surface area contributed by atoms with Crippen LogP contribution in [0.5, 0.6) is 0 Å². The predicted octanol–water partition coefficient (Wildman–Crippen LogP) is 5.76. The molecule has 2 aromatic rings. The van der Waals surface area contributed by atoms with Gasteiger partial charge in [0.25, 0.3) is 0 Å². The zero-order valence-corrected chi connectivity index (χ0v) is 14.0. The Morgan fingerprint density at radius 2 is 1.52 bits per heavy atom. The lowest BCUT2D eigenvalue weighted by molar-refractivity contribution is 0.220. The van der Waals surface area contributed by atoms with E-state index in [-0.39, 0.29) is 5.41 Å². The Bertz CT molecular complexity index is 597. The van der Waals surface area contributed by atoms with E-state index in [9.17, 15) is 5.11 Å². The van der Waals surface area contributed by atoms with Gasteiger partial charge in [0.15, 0.2) is 0 Å². The highest BCUT2D eigenvalue weighted by molar-refractivity contribution is 6.36. The topological polar surface area (TPSA) is 20.2 Å². The van der Waals surface area contributed by atoms with E-state index in [1.165, 1.54) is 5.56 Å². The summed E-state index contributed by atoms with van der Waals surface area (Å²) in [4.78, 5) is 0. The van der Waals surface area contributed by atoms with Gasteiger partial charge in [-0.05, 0) is 35.1 Å². The van der Waals surface area contributed by atoms with Gasteiger partial charge in [0.1, 0.15) is 6.10 Å². The Morgan fingerprint density at radius 3 is 2.00 bits per heavy atom. The maximum absolute atomic E-state index is 10.5. The number of halogens is 2. The minimum Gasteiger partial charge on any atom is -0.384 e. The number of hydrogen-bond donors (Lipinski definition) is 1. The molecular weight excluding hydrogens is 303 g/mol. The summed E-state index contributed by atoms with van der Waals surface area (Å²) in [6.45, 7) is 6.60. The first-order valence-corrected chi connectivity index (χ1v) is 7.85. The molecule has 3 heteroatoms. The van der Waals surface area contributed by atoms with Crippen molar-refractivity contribution in [1.29, 1.82) is 0 Å². The molecule has 0 spiro atoms. The van der Waals surface area contributed by atoms with Crippen LogP contribution in [-0.2, 0) is 5.41 Å². The minimum absolute atomic E-state index is 0.130. The van der Waals surface area contributed by atoms with Crippen LogP contribution in [0, 0.1) is 0 Å². The van der Waals surface area contributed by atoms with E-state index in [4.69, 9.17) is 23.2 Å². The first-order valence-electron chi connectivity index (χ1n) is 7.09. The third kappa shape index (κ3) is 3.42. The molecule has 0 bridgehead atoms. The first-order chi connectivity index (χ1) is 9.86. The number of aliphatic hydroxyl groups excluding tert-OH is 1. The number of aliphatic hydroxyl groups is 1. The fourth-order valence-corrected chi connectivity index (χ4v) is 2.86. The molecule has 0 aliphatic carbocycles. The van der Waals surface area contributed by atoms with Crippen molar-refractivity contribution in [3.8, 4) is 0 Å². The Morgan fingerprint density at radius 1 is 1.00 bits per heavy atom. The van der Waals surface area contributed by atoms with Gasteiger partial charge < -0.3 is 5.11 Å². The van der Waals surface area contributed by atoms with Gasteiger partial charge in [-0.1, -0.05) is 74.3 Å². The van der Waals surface area contributed by atoms with Crippen LogP contribution in [0.1, 0.15) is 50.0 Å². The van der Waals surface area contributed by atoms with Crippen molar-refractivity contribution in [1.82, 2.24) is 0 Å². The number of hydrogen-bond acceptors (Lipinski definition) is 1. The molecule has 1 N–H and O–H groups in total. The Labute approximate surface area is 136 Å². The molecule has 21 heavy (non-hydrogen) atoms. The molecule has 0 radical (unpaired) electrons. The van der Waals surface area contributed by atoms with E-state index in [1.54, 1.807) is 18.2 Å². The largest absolute Gasteiger partial charge is 0.384 e. The monoisotopic (exact) mass is 322 g/mol. The average Bonchev–Trinajstić information content (AvgIpc) is 2.47. The Kier molecular flexibility index (Phi) is 4.98. The van der Waals surface area contributed by atoms with Gasteiger partial charge in [-0.15, -0.1) is 0 Å². The van der Waals surface area contributed by atoms with Crippen molar-refractivity contribution in [3.63, 3.8) is 0 Å². The summed E-state index contributed by atoms with van der Waals surface area (Å²) in [5, 5.41) is 11.5. The average molecular weight is 323 g/mol. The lowest BCUT2D eigenvalue weighted by Crippen LogP contribution is -2.15. The molecule has 0 aliphatic heterocycles. The van der Waals surface area contributed by atoms with Crippen LogP contribution in [0.4, 0.5) is 0 Å². The van der Waals surface area contributed by atoms with Crippen LogP contribution < -0.4 is 0 Å². The molecule has 0 heterocycles. The third-order valence-corrected chi connectivity index (χ3v) is 4.82. The van der Waals surface area contributed by atoms with Gasteiger partial charge in [0.2, 0.25) is 0 Å². The molecule has 0 saturated heterocycles. The molecule has 0 saturated carbocycles. The normalized spacial score (nSPS) is 13.2. The Hall–Kier alpha value is -1.02. The quantitative estimate of drug-likeness (QED) is 0.758. The molecule has 0 amide bonds. The van der Waals surface area contributed by atoms with E-state index in [0.717, 1.165) is 12.0 Å². The molecule has 1 nitrogen and oxygen atoms in total. The third-order valence-electron chi connectivity index (χ3n) is 4.16. The maximum Gasteiger partial charge on any atom is 0.107 e. The molecule has 0 aliphatic rings. The zero-order chi connectivity index (χ0) is 15.6. The van der Waals surface area contributed by atoms with Crippen molar-refractivity contribution >= 4 is 23.2 Å². The highest BCUT2D eigenvalue weighted by Crippen LogP contribution is 2.35. The Balaban J connectivity index is 2.35. The maximum atomic E-state index is 10.5. The molecule has 2 aromatic carbocycles. The standard InChI is InChI=1S/C18H20Cl2O/c1-4-18(2,3)13-10-8-12(9-11-13)17(21)16-14(19)6-5-7-15(16)20/h5-11,17,21H,4H2,1-3H3. The van der Waals surface area contributed by atoms with Gasteiger partial charge in [0, 0.05) is 15.6 Å². The van der Waals surface area contributed by atoms with E-state index in [0.29, 0.717) is 15.6 Å². The van der Waals surface area contributed by atoms with Crippen molar-refractivity contribution in [2.45, 2.75) is 38.7 Å². The highest BCUT2D eigenvalue weighted by Gasteiger charge is 2.20. The van der Waals surface area contributed by atoms with Crippen LogP contribution in [0.15, 0.2) is 42.5 Å². The first kappa shape index (κ1) is 16.4. The molecule has 0 fully saturated rings. The fraction of sp³-hybridized carbons (Fsp3) is 0.333. The summed E-state index contributed by atoms with van der Waals surface area (Å²) >= 11 is 12.3. The second-order valence-electron chi connectivity index (χ2n) is 5.90. The van der Waals surface area contributed by atoms with Gasteiger partial charge in [-0.3, -0.25) is 0 Å². The fourth-order valence-electron chi connectivity index (χ4n) is 2.26. The van der Waals surface area contributed by atoms with Gasteiger partial charge in [-0.25, -0.2) is 0 Å². The zero-order valence-electron chi connectivity index (χ0n) is 12.5. The summed E-state index contributed by atoms with van der Waals surface area (Å²) in [6, 6.07) is 13.3. The molecular formula is C18H20Cl2O. The van der Waals surface area contributed by atoms with E-state index < -0.39 is 6.10 Å². The van der Waals surface area contributed by atoms with E-state index in [1.807, 2.05) is 12.1 Å². The van der Waals surface area contributed by atoms with Crippen LogP contribution in [0.2, 0.25) is 10.0 Å². The summed E-state index contributed by atoms with van der Waals surface area (Å²) < 4.78 is 0. The molecule has 1 unspecified atom stereocenters. The molecule has 2 rings (SSSR count). The second-order valence-corrected chi connectivity index (χ2v) is 6.71. The van der Waals surface area contributed by atoms with Crippen molar-refractivity contribution < 1.29 is 5.11 Å². The van der Waals surface area contributed by atoms with Crippen molar-refractivity contribution in [2.75, 3.05) is 0 Å². The molecule has 1 atom stereocenters. The van der Waals surface area contributed by atoms with Crippen LogP contribution in [0.25, 0.3) is 0 Å². The lowest BCUT2D eigenvalue weighted by atomic mass is 9.81. The summed E-state index contributed by atoms with van der Waals surface area (Å²) in [7, 11) is 0. The smallest absolute Gasteiger partial charge is 0.107 e. The van der Waals surface area contributed by atoms with Gasteiger partial charge >= 0.3 is 0 Å². The van der Waals surface area contributed by atoms with E-state index >= 15 is 0 Å². The SMILES string of the molecule is CCC(C)(C)c1ccc(C(O)c2c(Cl)cccc2Cl)cc1. The molecule has 0 aromatic heterocycles.